The monoisotopic (exact) mass is 379 g/mol. The van der Waals surface area contributed by atoms with Crippen molar-refractivity contribution in [1.29, 1.82) is 0 Å². The van der Waals surface area contributed by atoms with Gasteiger partial charge in [-0.1, -0.05) is 67.6 Å². The van der Waals surface area contributed by atoms with Gasteiger partial charge in [0.1, 0.15) is 0 Å². The summed E-state index contributed by atoms with van der Waals surface area (Å²) in [5, 5.41) is 3.11. The number of amides is 1. The Morgan fingerprint density at radius 3 is 2.46 bits per heavy atom. The lowest BCUT2D eigenvalue weighted by Gasteiger charge is -2.40. The van der Waals surface area contributed by atoms with E-state index in [0.29, 0.717) is 12.5 Å². The van der Waals surface area contributed by atoms with Crippen molar-refractivity contribution in [3.8, 4) is 0 Å². The van der Waals surface area contributed by atoms with Crippen LogP contribution in [0.1, 0.15) is 42.9 Å². The molecule has 1 fully saturated rings. The van der Waals surface area contributed by atoms with E-state index in [4.69, 9.17) is 0 Å². The number of nitrogens with one attached hydrogen (secondary N) is 1. The van der Waals surface area contributed by atoms with Gasteiger partial charge in [0.05, 0.1) is 0 Å². The number of likely N-dealkylation sites (N-methyl/N-ethyl adjacent to an activating group) is 1. The molecule has 0 aromatic heterocycles. The molecule has 150 valence electrons. The molecule has 0 radical (unpaired) electrons. The first-order valence-corrected chi connectivity index (χ1v) is 10.4. The zero-order valence-corrected chi connectivity index (χ0v) is 17.2. The van der Waals surface area contributed by atoms with Gasteiger partial charge in [-0.05, 0) is 30.5 Å². The van der Waals surface area contributed by atoms with Gasteiger partial charge in [0.15, 0.2) is 0 Å². The summed E-state index contributed by atoms with van der Waals surface area (Å²) >= 11 is 0. The highest BCUT2D eigenvalue weighted by Gasteiger charge is 2.25. The van der Waals surface area contributed by atoms with Gasteiger partial charge < -0.3 is 10.2 Å². The first-order chi connectivity index (χ1) is 13.6. The Hall–Kier alpha value is -2.17. The van der Waals surface area contributed by atoms with Gasteiger partial charge in [0.25, 0.3) is 0 Å². The van der Waals surface area contributed by atoms with Gasteiger partial charge in [0, 0.05) is 45.2 Å². The van der Waals surface area contributed by atoms with Gasteiger partial charge in [-0.15, -0.1) is 0 Å². The fourth-order valence-corrected chi connectivity index (χ4v) is 3.98. The van der Waals surface area contributed by atoms with E-state index in [1.807, 2.05) is 18.2 Å². The van der Waals surface area contributed by atoms with Crippen molar-refractivity contribution in [3.63, 3.8) is 0 Å². The van der Waals surface area contributed by atoms with Gasteiger partial charge in [0.2, 0.25) is 5.91 Å². The Morgan fingerprint density at radius 2 is 1.75 bits per heavy atom. The van der Waals surface area contributed by atoms with Crippen molar-refractivity contribution in [3.05, 3.63) is 71.8 Å². The van der Waals surface area contributed by atoms with Crippen LogP contribution in [-0.4, -0.2) is 55.5 Å². The van der Waals surface area contributed by atoms with Gasteiger partial charge in [-0.25, -0.2) is 0 Å². The maximum Gasteiger partial charge on any atom is 0.220 e. The summed E-state index contributed by atoms with van der Waals surface area (Å²) in [4.78, 5) is 17.2. The van der Waals surface area contributed by atoms with Gasteiger partial charge in [-0.3, -0.25) is 9.69 Å². The molecule has 1 saturated heterocycles. The summed E-state index contributed by atoms with van der Waals surface area (Å²) in [6, 6.07) is 21.5. The maximum atomic E-state index is 12.3. The van der Waals surface area contributed by atoms with Crippen LogP contribution in [0.3, 0.4) is 0 Å². The number of hydrogen-bond acceptors (Lipinski definition) is 3. The molecule has 1 amide bonds. The summed E-state index contributed by atoms with van der Waals surface area (Å²) < 4.78 is 0. The molecule has 0 unspecified atom stereocenters. The normalized spacial score (nSPS) is 19.3. The molecule has 2 atom stereocenters. The molecule has 28 heavy (non-hydrogen) atoms. The Labute approximate surface area is 169 Å². The van der Waals surface area contributed by atoms with E-state index < -0.39 is 0 Å². The molecule has 0 spiro atoms. The fourth-order valence-electron chi connectivity index (χ4n) is 3.98. The summed E-state index contributed by atoms with van der Waals surface area (Å²) in [7, 11) is 2.20. The third-order valence-corrected chi connectivity index (χ3v) is 5.68. The molecular weight excluding hydrogens is 346 g/mol. The highest BCUT2D eigenvalue weighted by molar-refractivity contribution is 5.76. The van der Waals surface area contributed by atoms with E-state index in [9.17, 15) is 4.79 Å². The average Bonchev–Trinajstić information content (AvgIpc) is 2.73. The standard InChI is InChI=1S/C24H33N3O/c1-20(21-10-5-3-6-11-21)18-24(28)25-14-9-15-27-17-16-26(2)19-23(27)22-12-7-4-8-13-22/h3-8,10-13,20,23H,9,14-19H2,1-2H3,(H,25,28)/t20-,23+/m0/s1. The second-order valence-electron chi connectivity index (χ2n) is 7.94. The lowest BCUT2D eigenvalue weighted by atomic mass is 9.97. The second kappa shape index (κ2) is 10.4. The first-order valence-electron chi connectivity index (χ1n) is 10.4. The molecule has 2 aromatic rings. The smallest absolute Gasteiger partial charge is 0.220 e. The maximum absolute atomic E-state index is 12.3. The second-order valence-corrected chi connectivity index (χ2v) is 7.94. The quantitative estimate of drug-likeness (QED) is 0.711. The van der Waals surface area contributed by atoms with Crippen LogP contribution in [0.5, 0.6) is 0 Å². The zero-order valence-electron chi connectivity index (χ0n) is 17.2. The van der Waals surface area contributed by atoms with Crippen LogP contribution in [0, 0.1) is 0 Å². The minimum atomic E-state index is 0.148. The van der Waals surface area contributed by atoms with Crippen molar-refractivity contribution < 1.29 is 4.79 Å². The van der Waals surface area contributed by atoms with Crippen molar-refractivity contribution in [2.45, 2.75) is 31.7 Å². The molecule has 3 rings (SSSR count). The predicted molar refractivity (Wildman–Crippen MR) is 115 cm³/mol. The molecule has 1 aliphatic heterocycles. The minimum absolute atomic E-state index is 0.148. The number of hydrogen-bond donors (Lipinski definition) is 1. The number of benzene rings is 2. The topological polar surface area (TPSA) is 35.6 Å². The van der Waals surface area contributed by atoms with Crippen LogP contribution < -0.4 is 5.32 Å². The van der Waals surface area contributed by atoms with E-state index in [2.05, 4.69) is 71.6 Å². The van der Waals surface area contributed by atoms with Gasteiger partial charge in [-0.2, -0.15) is 0 Å². The highest BCUT2D eigenvalue weighted by Crippen LogP contribution is 2.24. The number of carbonyl (C=O) groups excluding carboxylic acids is 1. The summed E-state index contributed by atoms with van der Waals surface area (Å²) in [6.45, 7) is 7.12. The summed E-state index contributed by atoms with van der Waals surface area (Å²) in [5.41, 5.74) is 2.61. The van der Waals surface area contributed by atoms with E-state index in [0.717, 1.165) is 39.1 Å². The third-order valence-electron chi connectivity index (χ3n) is 5.68. The van der Waals surface area contributed by atoms with Crippen LogP contribution in [0.2, 0.25) is 0 Å². The van der Waals surface area contributed by atoms with Crippen LogP contribution in [-0.2, 0) is 4.79 Å². The number of rotatable bonds is 8. The Balaban J connectivity index is 1.43. The van der Waals surface area contributed by atoms with Crippen molar-refractivity contribution in [2.75, 3.05) is 39.8 Å². The average molecular weight is 380 g/mol. The number of piperazine rings is 1. The molecule has 1 aliphatic rings. The third kappa shape index (κ3) is 5.91. The summed E-state index contributed by atoms with van der Waals surface area (Å²) in [6.07, 6.45) is 1.53. The SMILES string of the molecule is C[C@@H](CC(=O)NCCCN1CCN(C)C[C@@H]1c1ccccc1)c1ccccc1. The molecule has 0 aliphatic carbocycles. The molecule has 1 N–H and O–H groups in total. The Morgan fingerprint density at radius 1 is 1.07 bits per heavy atom. The molecular formula is C24H33N3O. The van der Waals surface area contributed by atoms with E-state index >= 15 is 0 Å². The van der Waals surface area contributed by atoms with Crippen LogP contribution >= 0.6 is 0 Å². The van der Waals surface area contributed by atoms with Gasteiger partial charge >= 0.3 is 0 Å². The lowest BCUT2D eigenvalue weighted by molar-refractivity contribution is -0.121. The molecule has 2 aromatic carbocycles. The molecule has 0 bridgehead atoms. The molecule has 4 nitrogen and oxygen atoms in total. The molecule has 0 saturated carbocycles. The van der Waals surface area contributed by atoms with E-state index in [1.165, 1.54) is 11.1 Å². The van der Waals surface area contributed by atoms with Crippen LogP contribution in [0.15, 0.2) is 60.7 Å². The van der Waals surface area contributed by atoms with Crippen LogP contribution in [0.4, 0.5) is 0 Å². The van der Waals surface area contributed by atoms with Crippen molar-refractivity contribution in [2.24, 2.45) is 0 Å². The minimum Gasteiger partial charge on any atom is -0.356 e. The van der Waals surface area contributed by atoms with E-state index in [-0.39, 0.29) is 11.8 Å². The van der Waals surface area contributed by atoms with Crippen LogP contribution in [0.25, 0.3) is 0 Å². The Bertz CT molecular complexity index is 719. The number of nitrogens with zero attached hydrogens (tertiary/aromatic N) is 2. The fraction of sp³-hybridized carbons (Fsp3) is 0.458. The lowest BCUT2D eigenvalue weighted by Crippen LogP contribution is -2.47. The number of carbonyl (C=O) groups is 1. The molecule has 4 heteroatoms. The first kappa shape index (κ1) is 20.6. The van der Waals surface area contributed by atoms with Crippen molar-refractivity contribution >= 4 is 5.91 Å². The Kier molecular flexibility index (Phi) is 7.63. The zero-order chi connectivity index (χ0) is 19.8. The predicted octanol–water partition coefficient (Wildman–Crippen LogP) is 3.68. The van der Waals surface area contributed by atoms with Crippen molar-refractivity contribution in [1.82, 2.24) is 15.1 Å². The largest absolute Gasteiger partial charge is 0.356 e. The summed E-state index contributed by atoms with van der Waals surface area (Å²) in [5.74, 6) is 0.399. The highest BCUT2D eigenvalue weighted by atomic mass is 16.1. The van der Waals surface area contributed by atoms with E-state index in [1.54, 1.807) is 0 Å². The molecule has 1 heterocycles.